The topological polar surface area (TPSA) is 94.3 Å². The third-order valence-corrected chi connectivity index (χ3v) is 15.4. The predicted molar refractivity (Wildman–Crippen MR) is 325 cm³/mol. The first kappa shape index (κ1) is 48.6. The second-order valence-electron chi connectivity index (χ2n) is 20.0. The van der Waals surface area contributed by atoms with E-state index in [1.54, 1.807) is 0 Å². The van der Waals surface area contributed by atoms with E-state index in [0.717, 1.165) is 127 Å². The molecule has 0 atom stereocenters. The van der Waals surface area contributed by atoms with Crippen LogP contribution in [0.4, 0.5) is 17.1 Å². The van der Waals surface area contributed by atoms with Crippen LogP contribution in [0.3, 0.4) is 0 Å². The normalized spacial score (nSPS) is 11.0. The Morgan fingerprint density at radius 1 is 0.296 bits per heavy atom. The van der Waals surface area contributed by atoms with Crippen molar-refractivity contribution in [3.63, 3.8) is 0 Å². The number of hydrogen-bond donors (Lipinski definition) is 0. The van der Waals surface area contributed by atoms with Crippen LogP contribution in [0.2, 0.25) is 0 Å². The molecule has 8 nitrogen and oxygen atoms in total. The summed E-state index contributed by atoms with van der Waals surface area (Å²) < 4.78 is 4.62. The fourth-order valence-corrected chi connectivity index (χ4v) is 11.4. The van der Waals surface area contributed by atoms with Crippen LogP contribution >= 0.6 is 0 Å². The molecule has 13 aromatic rings. The van der Waals surface area contributed by atoms with Gasteiger partial charge in [0.1, 0.15) is 0 Å². The maximum atomic E-state index is 9.92. The molecule has 0 aliphatic rings. The van der Waals surface area contributed by atoms with Crippen molar-refractivity contribution in [2.24, 2.45) is 0 Å². The molecule has 0 bridgehead atoms. The molecule has 81 heavy (non-hydrogen) atoms. The Kier molecular flexibility index (Phi) is 11.9. The van der Waals surface area contributed by atoms with Gasteiger partial charge in [-0.15, -0.1) is 0 Å². The van der Waals surface area contributed by atoms with E-state index >= 15 is 0 Å². The minimum absolute atomic E-state index is 0.469. The van der Waals surface area contributed by atoms with Gasteiger partial charge in [0.15, 0.2) is 17.1 Å². The highest BCUT2D eigenvalue weighted by atomic mass is 15.0. The number of hydrogen-bond acceptors (Lipinski definition) is 3. The van der Waals surface area contributed by atoms with Crippen molar-refractivity contribution in [3.05, 3.63) is 281 Å². The highest BCUT2D eigenvalue weighted by molar-refractivity contribution is 6.14. The molecule has 0 amide bonds. The minimum Gasteiger partial charge on any atom is -0.309 e. The first-order valence-corrected chi connectivity index (χ1v) is 26.1. The van der Waals surface area contributed by atoms with E-state index in [1.807, 2.05) is 134 Å². The molecule has 0 aliphatic heterocycles. The number of aromatic nitrogens is 2. The molecule has 2 aromatic heterocycles. The molecule has 13 rings (SSSR count). The minimum atomic E-state index is 0.469. The Bertz CT molecular complexity index is 4800. The van der Waals surface area contributed by atoms with Gasteiger partial charge in [0, 0.05) is 27.1 Å². The average Bonchev–Trinajstić information content (AvgIpc) is 4.25. The Balaban J connectivity index is 1.10. The van der Waals surface area contributed by atoms with Crippen molar-refractivity contribution in [3.8, 4) is 96.3 Å². The second-order valence-corrected chi connectivity index (χ2v) is 20.0. The van der Waals surface area contributed by atoms with Crippen LogP contribution in [0.5, 0.6) is 0 Å². The SMILES string of the molecule is [C-]#[N+]c1ccc(-c2ccc3c(c2)c2cc(-c4ccc([N+]#[C-])cc4)ccc2n3-c2ccc(-c3ccc(C#N)cc3C)cc2-c2cc([N+]#[C-])ccc2-n2c3ccc(-c4ccc(C#N)cc4)cc3c3cc(-c4ccc(C#N)cc4)ccc32)cc1. The zero-order valence-corrected chi connectivity index (χ0v) is 43.4. The second kappa shape index (κ2) is 19.8. The van der Waals surface area contributed by atoms with Gasteiger partial charge in [-0.1, -0.05) is 115 Å². The molecule has 2 heterocycles. The molecule has 0 fully saturated rings. The maximum absolute atomic E-state index is 9.92. The summed E-state index contributed by atoms with van der Waals surface area (Å²) in [6.07, 6.45) is 0. The van der Waals surface area contributed by atoms with Gasteiger partial charge in [-0.25, -0.2) is 14.5 Å². The smallest absolute Gasteiger partial charge is 0.188 e. The summed E-state index contributed by atoms with van der Waals surface area (Å²) in [6.45, 7) is 25.7. The largest absolute Gasteiger partial charge is 0.309 e. The van der Waals surface area contributed by atoms with E-state index in [9.17, 15) is 15.8 Å². The molecule has 8 heteroatoms. The van der Waals surface area contributed by atoms with Crippen LogP contribution < -0.4 is 0 Å². The average molecular weight is 1030 g/mol. The Labute approximate surface area is 467 Å². The van der Waals surface area contributed by atoms with Gasteiger partial charge < -0.3 is 9.13 Å². The van der Waals surface area contributed by atoms with Crippen molar-refractivity contribution in [1.82, 2.24) is 9.13 Å². The standard InChI is InChI=1S/C73H40N8/c1-45-35-48(44-76)9-28-61(45)57-22-33-72(80-68-31-20-55(51-14-23-58(77-2)24-15-51)38-64(68)65-39-56(21-32-69(65)80)52-16-25-59(78-3)26-17-52)66(40-57)67-41-60(79-4)27-34-73(67)81-70-29-18-53(49-10-5-46(42-74)6-11-49)36-62(70)63-37-54(19-30-71(63)81)50-12-7-47(43-75)8-13-50/h5-41H,1H3. The van der Waals surface area contributed by atoms with Crippen molar-refractivity contribution in [1.29, 1.82) is 15.8 Å². The van der Waals surface area contributed by atoms with Gasteiger partial charge in [0.2, 0.25) is 0 Å². The Hall–Kier alpha value is -12.0. The van der Waals surface area contributed by atoms with E-state index in [-0.39, 0.29) is 0 Å². The lowest BCUT2D eigenvalue weighted by molar-refractivity contribution is 1.16. The molecule has 0 N–H and O–H groups in total. The van der Waals surface area contributed by atoms with E-state index in [0.29, 0.717) is 33.8 Å². The summed E-state index contributed by atoms with van der Waals surface area (Å²) in [6, 6.07) is 81.6. The zero-order chi connectivity index (χ0) is 55.3. The number of nitrogens with zero attached hydrogens (tertiary/aromatic N) is 8. The zero-order valence-electron chi connectivity index (χ0n) is 43.4. The van der Waals surface area contributed by atoms with Crippen LogP contribution in [0.15, 0.2) is 224 Å². The van der Waals surface area contributed by atoms with Gasteiger partial charge in [0.05, 0.1) is 88.1 Å². The third kappa shape index (κ3) is 8.46. The summed E-state index contributed by atoms with van der Waals surface area (Å²) in [4.78, 5) is 11.3. The summed E-state index contributed by atoms with van der Waals surface area (Å²) in [5, 5.41) is 33.2. The summed E-state index contributed by atoms with van der Waals surface area (Å²) in [5.41, 5.74) is 21.3. The van der Waals surface area contributed by atoms with E-state index in [4.69, 9.17) is 19.7 Å². The lowest BCUT2D eigenvalue weighted by Crippen LogP contribution is -2.02. The van der Waals surface area contributed by atoms with Gasteiger partial charge in [-0.2, -0.15) is 15.8 Å². The van der Waals surface area contributed by atoms with E-state index in [1.165, 1.54) is 0 Å². The molecule has 0 unspecified atom stereocenters. The van der Waals surface area contributed by atoms with Crippen LogP contribution in [0.25, 0.3) is 136 Å². The highest BCUT2D eigenvalue weighted by Crippen LogP contribution is 2.46. The lowest BCUT2D eigenvalue weighted by Gasteiger charge is -2.21. The monoisotopic (exact) mass is 1030 g/mol. The summed E-state index contributed by atoms with van der Waals surface area (Å²) in [5.74, 6) is 0. The molecule has 0 aliphatic carbocycles. The Morgan fingerprint density at radius 2 is 0.617 bits per heavy atom. The third-order valence-electron chi connectivity index (χ3n) is 15.4. The molecular formula is C73H40N8. The summed E-state index contributed by atoms with van der Waals surface area (Å²) in [7, 11) is 0. The fraction of sp³-hybridized carbons (Fsp3) is 0.0137. The summed E-state index contributed by atoms with van der Waals surface area (Å²) >= 11 is 0. The molecule has 372 valence electrons. The van der Waals surface area contributed by atoms with Gasteiger partial charge in [-0.3, -0.25) is 0 Å². The van der Waals surface area contributed by atoms with Gasteiger partial charge in [-0.05, 0) is 183 Å². The number of benzene rings is 11. The van der Waals surface area contributed by atoms with Crippen LogP contribution in [-0.2, 0) is 0 Å². The number of fused-ring (bicyclic) bond motifs is 6. The van der Waals surface area contributed by atoms with Gasteiger partial charge >= 0.3 is 0 Å². The molecule has 0 saturated carbocycles. The number of nitriles is 3. The maximum Gasteiger partial charge on any atom is 0.188 e. The lowest BCUT2D eigenvalue weighted by atomic mass is 9.93. The number of aryl methyl sites for hydroxylation is 1. The molecule has 11 aromatic carbocycles. The number of rotatable bonds is 8. The molecule has 0 spiro atoms. The first-order valence-electron chi connectivity index (χ1n) is 26.1. The predicted octanol–water partition coefficient (Wildman–Crippen LogP) is 19.5. The molecule has 0 saturated heterocycles. The highest BCUT2D eigenvalue weighted by Gasteiger charge is 2.24. The van der Waals surface area contributed by atoms with E-state index < -0.39 is 0 Å². The Morgan fingerprint density at radius 3 is 0.988 bits per heavy atom. The van der Waals surface area contributed by atoms with Crippen molar-refractivity contribution in [2.45, 2.75) is 6.92 Å². The van der Waals surface area contributed by atoms with Crippen molar-refractivity contribution < 1.29 is 0 Å². The fourth-order valence-electron chi connectivity index (χ4n) is 11.4. The molecule has 0 radical (unpaired) electrons. The molecular weight excluding hydrogens is 989 g/mol. The van der Waals surface area contributed by atoms with Gasteiger partial charge in [0.25, 0.3) is 0 Å². The van der Waals surface area contributed by atoms with Crippen molar-refractivity contribution >= 4 is 60.7 Å². The van der Waals surface area contributed by atoms with Crippen LogP contribution in [0, 0.1) is 60.6 Å². The van der Waals surface area contributed by atoms with E-state index in [2.05, 4.69) is 139 Å². The quantitative estimate of drug-likeness (QED) is 0.142. The van der Waals surface area contributed by atoms with Crippen LogP contribution in [0.1, 0.15) is 22.3 Å². The van der Waals surface area contributed by atoms with Crippen LogP contribution in [-0.4, -0.2) is 9.13 Å². The first-order chi connectivity index (χ1) is 39.7. The van der Waals surface area contributed by atoms with Crippen molar-refractivity contribution in [2.75, 3.05) is 0 Å².